The van der Waals surface area contributed by atoms with Crippen molar-refractivity contribution in [3.8, 4) is 22.3 Å². The number of benzene rings is 2. The van der Waals surface area contributed by atoms with E-state index in [4.69, 9.17) is 0 Å². The summed E-state index contributed by atoms with van der Waals surface area (Å²) in [6.07, 6.45) is 4.64. The number of unbranched alkanes of at least 4 members (excludes halogenated alkanes) is 1. The molecule has 0 fully saturated rings. The molecule has 4 aromatic rings. The number of hydrogen-bond acceptors (Lipinski definition) is 3. The lowest BCUT2D eigenvalue weighted by Gasteiger charge is -2.06. The van der Waals surface area contributed by atoms with Gasteiger partial charge in [0.05, 0.1) is 10.4 Å². The highest BCUT2D eigenvalue weighted by molar-refractivity contribution is 7.29. The molecule has 2 aromatic heterocycles. The highest BCUT2D eigenvalue weighted by Crippen LogP contribution is 2.38. The molecule has 32 heavy (non-hydrogen) atoms. The van der Waals surface area contributed by atoms with Crippen LogP contribution in [0.5, 0.6) is 0 Å². The number of aryl methyl sites for hydroxylation is 2. The lowest BCUT2D eigenvalue weighted by atomic mass is 9.99. The maximum atomic E-state index is 14.0. The van der Waals surface area contributed by atoms with Crippen molar-refractivity contribution in [2.45, 2.75) is 39.5 Å². The molecular weight excluding hydrogens is 442 g/mol. The zero-order valence-electron chi connectivity index (χ0n) is 17.9. The number of hydrogen-bond donors (Lipinski definition) is 0. The minimum atomic E-state index is -0.842. The molecule has 0 atom stereocenters. The molecule has 0 aliphatic carbocycles. The van der Waals surface area contributed by atoms with Crippen molar-refractivity contribution in [1.82, 2.24) is 0 Å². The van der Waals surface area contributed by atoms with Crippen molar-refractivity contribution in [2.24, 2.45) is 0 Å². The lowest BCUT2D eigenvalue weighted by Crippen LogP contribution is -1.94. The van der Waals surface area contributed by atoms with Crippen molar-refractivity contribution < 1.29 is 13.6 Å². The number of aldehydes is 1. The van der Waals surface area contributed by atoms with Crippen LogP contribution in [0.4, 0.5) is 8.78 Å². The Morgan fingerprint density at radius 3 is 2.34 bits per heavy atom. The molecule has 0 bridgehead atoms. The monoisotopic (exact) mass is 464 g/mol. The lowest BCUT2D eigenvalue weighted by molar-refractivity contribution is 0.111. The fourth-order valence-electron chi connectivity index (χ4n) is 3.61. The Morgan fingerprint density at radius 1 is 0.938 bits per heavy atom. The molecule has 0 aliphatic rings. The van der Waals surface area contributed by atoms with Gasteiger partial charge < -0.3 is 0 Å². The van der Waals surface area contributed by atoms with Crippen LogP contribution in [0.15, 0.2) is 42.5 Å². The van der Waals surface area contributed by atoms with Crippen LogP contribution in [0.1, 0.15) is 58.6 Å². The first-order valence-corrected chi connectivity index (χ1v) is 12.3. The van der Waals surface area contributed by atoms with Crippen molar-refractivity contribution in [3.63, 3.8) is 0 Å². The fourth-order valence-corrected chi connectivity index (χ4v) is 5.84. The third-order valence-corrected chi connectivity index (χ3v) is 7.64. The van der Waals surface area contributed by atoms with Gasteiger partial charge in [0, 0.05) is 19.8 Å². The Bertz CT molecular complexity index is 1300. The largest absolute Gasteiger partial charge is 0.298 e. The fraction of sp³-hybridized carbons (Fsp3) is 0.222. The molecule has 0 saturated carbocycles. The highest BCUT2D eigenvalue weighted by atomic mass is 32.1. The van der Waals surface area contributed by atoms with Crippen molar-refractivity contribution in [3.05, 3.63) is 81.2 Å². The summed E-state index contributed by atoms with van der Waals surface area (Å²) < 4.78 is 30.0. The van der Waals surface area contributed by atoms with Gasteiger partial charge in [0.2, 0.25) is 0 Å². The first kappa shape index (κ1) is 22.4. The number of halogens is 2. The quantitative estimate of drug-likeness (QED) is 0.208. The number of rotatable bonds is 6. The van der Waals surface area contributed by atoms with E-state index in [-0.39, 0.29) is 6.29 Å². The van der Waals surface area contributed by atoms with Crippen molar-refractivity contribution >= 4 is 38.4 Å². The van der Waals surface area contributed by atoms with Gasteiger partial charge in [0.1, 0.15) is 11.6 Å². The summed E-state index contributed by atoms with van der Waals surface area (Å²) in [4.78, 5) is 12.5. The smallest absolute Gasteiger partial charge is 0.155 e. The predicted molar refractivity (Wildman–Crippen MR) is 131 cm³/mol. The van der Waals surface area contributed by atoms with Gasteiger partial charge in [-0.3, -0.25) is 4.79 Å². The van der Waals surface area contributed by atoms with Crippen molar-refractivity contribution in [1.29, 1.82) is 0 Å². The molecule has 4 rings (SSSR count). The molecule has 5 heteroatoms. The maximum Gasteiger partial charge on any atom is 0.155 e. The van der Waals surface area contributed by atoms with Gasteiger partial charge in [-0.2, -0.15) is 0 Å². The normalized spacial score (nSPS) is 10.9. The Morgan fingerprint density at radius 2 is 1.69 bits per heavy atom. The van der Waals surface area contributed by atoms with Gasteiger partial charge in [-0.15, -0.1) is 22.7 Å². The highest BCUT2D eigenvalue weighted by Gasteiger charge is 2.14. The van der Waals surface area contributed by atoms with Gasteiger partial charge in [-0.05, 0) is 66.3 Å². The van der Waals surface area contributed by atoms with E-state index in [2.05, 4.69) is 43.9 Å². The van der Waals surface area contributed by atoms with E-state index in [1.54, 1.807) is 11.3 Å². The number of thiophene rings is 2. The van der Waals surface area contributed by atoms with Crippen LogP contribution in [0, 0.1) is 23.5 Å². The van der Waals surface area contributed by atoms with E-state index in [9.17, 15) is 13.6 Å². The van der Waals surface area contributed by atoms with Gasteiger partial charge >= 0.3 is 0 Å². The standard InChI is InChI=1S/C27H22F2OS2/c1-3-5-6-17-7-8-19(18(4-2)11-17)9-10-21-14-26-27(31-21)15-25(32-26)20-12-23(28)22(16-30)24(29)13-20/h7-8,11-16H,3-6H2,1-2H3. The topological polar surface area (TPSA) is 17.1 Å². The molecule has 0 amide bonds. The van der Waals surface area contributed by atoms with Crippen LogP contribution in [-0.4, -0.2) is 6.29 Å². The van der Waals surface area contributed by atoms with E-state index in [0.29, 0.717) is 5.56 Å². The summed E-state index contributed by atoms with van der Waals surface area (Å²) in [5.74, 6) is 4.92. The molecule has 0 aliphatic heterocycles. The molecule has 0 saturated heterocycles. The average Bonchev–Trinajstić information content (AvgIpc) is 3.35. The summed E-state index contributed by atoms with van der Waals surface area (Å²) in [6.45, 7) is 4.36. The summed E-state index contributed by atoms with van der Waals surface area (Å²) in [5.41, 5.74) is 3.60. The number of fused-ring (bicyclic) bond motifs is 1. The molecule has 0 radical (unpaired) electrons. The Kier molecular flexibility index (Phi) is 6.83. The molecule has 162 valence electrons. The zero-order chi connectivity index (χ0) is 22.7. The first-order chi connectivity index (χ1) is 15.5. The minimum Gasteiger partial charge on any atom is -0.298 e. The number of carbonyl (C=O) groups excluding carboxylic acids is 1. The zero-order valence-corrected chi connectivity index (χ0v) is 19.6. The third kappa shape index (κ3) is 4.67. The van der Waals surface area contributed by atoms with Crippen LogP contribution < -0.4 is 0 Å². The first-order valence-electron chi connectivity index (χ1n) is 10.6. The summed E-state index contributed by atoms with van der Waals surface area (Å²) in [6, 6.07) is 12.9. The molecule has 0 spiro atoms. The van der Waals surface area contributed by atoms with Crippen LogP contribution in [0.25, 0.3) is 19.8 Å². The summed E-state index contributed by atoms with van der Waals surface area (Å²) >= 11 is 3.03. The molecular formula is C27H22F2OS2. The maximum absolute atomic E-state index is 14.0. The second kappa shape index (κ2) is 9.77. The second-order valence-corrected chi connectivity index (χ2v) is 9.79. The summed E-state index contributed by atoms with van der Waals surface area (Å²) in [7, 11) is 0. The van der Waals surface area contributed by atoms with Gasteiger partial charge in [0.15, 0.2) is 6.29 Å². The molecule has 0 unspecified atom stereocenters. The van der Waals surface area contributed by atoms with Crippen LogP contribution in [-0.2, 0) is 12.8 Å². The molecule has 2 heterocycles. The predicted octanol–water partition coefficient (Wildman–Crippen LogP) is 8.03. The minimum absolute atomic E-state index is 0.203. The molecule has 2 aromatic carbocycles. The van der Waals surface area contributed by atoms with E-state index >= 15 is 0 Å². The van der Waals surface area contributed by atoms with Crippen molar-refractivity contribution in [2.75, 3.05) is 0 Å². The van der Waals surface area contributed by atoms with Gasteiger partial charge in [-0.25, -0.2) is 8.78 Å². The van der Waals surface area contributed by atoms with E-state index in [1.165, 1.54) is 47.4 Å². The average molecular weight is 465 g/mol. The van der Waals surface area contributed by atoms with Crippen LogP contribution in [0.3, 0.4) is 0 Å². The Labute approximate surface area is 194 Å². The third-order valence-electron chi connectivity index (χ3n) is 5.38. The van der Waals surface area contributed by atoms with Crippen LogP contribution in [0.2, 0.25) is 0 Å². The molecule has 1 nitrogen and oxygen atoms in total. The van der Waals surface area contributed by atoms with E-state index < -0.39 is 17.2 Å². The SMILES string of the molecule is CCCCc1ccc(C#Cc2cc3sc(-c4cc(F)c(C=O)c(F)c4)cc3s2)c(CC)c1. The van der Waals surface area contributed by atoms with E-state index in [1.807, 2.05) is 12.1 Å². The van der Waals surface area contributed by atoms with E-state index in [0.717, 1.165) is 37.6 Å². The van der Waals surface area contributed by atoms with Gasteiger partial charge in [-0.1, -0.05) is 44.2 Å². The summed E-state index contributed by atoms with van der Waals surface area (Å²) in [5, 5.41) is 0. The number of carbonyl (C=O) groups is 1. The van der Waals surface area contributed by atoms with Crippen LogP contribution >= 0.6 is 22.7 Å². The Balaban J connectivity index is 1.59. The Hall–Kier alpha value is -2.81. The molecule has 0 N–H and O–H groups in total. The second-order valence-electron chi connectivity index (χ2n) is 7.62. The van der Waals surface area contributed by atoms with Gasteiger partial charge in [0.25, 0.3) is 0 Å².